The van der Waals surface area contributed by atoms with Crippen LogP contribution in [0, 0.1) is 0 Å². The standard InChI is InChI=1S/C48H46N4O6/c1-53-39-22-14-35(15-23-39)49-43-10-6-12-45(47(43)51-37-18-26-41(55-3)27-19-37)57-31-33-8-5-9-34(30-33)32-58-46-13-7-11-44(50-36-16-24-40(54-2)25-17-36)48(46)52-38-20-28-42(56-4)29-21-38/h5-30,49-52H,31-32H2,1-4H3. The SMILES string of the molecule is COc1ccc(Nc2cccc(OCc3cccc(COc4cccc(Nc5ccc(OC)cc5)c4Nc4ccc(OC)cc4)c3)c2Nc2ccc(OC)cc2)cc1. The molecule has 0 unspecified atom stereocenters. The van der Waals surface area contributed by atoms with Crippen molar-refractivity contribution in [2.75, 3.05) is 49.7 Å². The summed E-state index contributed by atoms with van der Waals surface area (Å²) in [6.45, 7) is 0.672. The van der Waals surface area contributed by atoms with Crippen molar-refractivity contribution in [3.8, 4) is 34.5 Å². The minimum absolute atomic E-state index is 0.336. The molecule has 0 atom stereocenters. The van der Waals surface area contributed by atoms with E-state index in [4.69, 9.17) is 28.4 Å². The van der Waals surface area contributed by atoms with Gasteiger partial charge in [-0.25, -0.2) is 0 Å². The van der Waals surface area contributed by atoms with Crippen molar-refractivity contribution in [2.24, 2.45) is 0 Å². The molecule has 7 rings (SSSR count). The van der Waals surface area contributed by atoms with Gasteiger partial charge in [-0.2, -0.15) is 0 Å². The Morgan fingerprint density at radius 1 is 0.345 bits per heavy atom. The molecule has 0 radical (unpaired) electrons. The molecule has 0 saturated carbocycles. The van der Waals surface area contributed by atoms with Gasteiger partial charge in [0.2, 0.25) is 0 Å². The first-order chi connectivity index (χ1) is 28.5. The van der Waals surface area contributed by atoms with Crippen molar-refractivity contribution >= 4 is 45.5 Å². The van der Waals surface area contributed by atoms with Crippen molar-refractivity contribution in [3.63, 3.8) is 0 Å². The zero-order valence-electron chi connectivity index (χ0n) is 32.9. The molecule has 4 N–H and O–H groups in total. The van der Waals surface area contributed by atoms with Crippen molar-refractivity contribution < 1.29 is 28.4 Å². The van der Waals surface area contributed by atoms with Crippen molar-refractivity contribution in [1.29, 1.82) is 0 Å². The van der Waals surface area contributed by atoms with E-state index in [-0.39, 0.29) is 0 Å². The number of benzene rings is 7. The molecule has 294 valence electrons. The Hall–Kier alpha value is -7.46. The summed E-state index contributed by atoms with van der Waals surface area (Å²) in [6.07, 6.45) is 0. The van der Waals surface area contributed by atoms with Crippen molar-refractivity contribution in [3.05, 3.63) is 169 Å². The summed E-state index contributed by atoms with van der Waals surface area (Å²) in [5.74, 6) is 4.50. The van der Waals surface area contributed by atoms with Crippen LogP contribution in [0.1, 0.15) is 11.1 Å². The first kappa shape index (κ1) is 38.8. The van der Waals surface area contributed by atoms with Gasteiger partial charge < -0.3 is 49.7 Å². The third-order valence-electron chi connectivity index (χ3n) is 9.29. The number of para-hydroxylation sites is 2. The highest BCUT2D eigenvalue weighted by molar-refractivity contribution is 5.84. The molecule has 0 aliphatic rings. The lowest BCUT2D eigenvalue weighted by Gasteiger charge is -2.19. The molecule has 10 nitrogen and oxygen atoms in total. The number of hydrogen-bond donors (Lipinski definition) is 4. The minimum Gasteiger partial charge on any atom is -0.497 e. The minimum atomic E-state index is 0.336. The zero-order chi connectivity index (χ0) is 40.1. The molecule has 0 aliphatic carbocycles. The van der Waals surface area contributed by atoms with Crippen LogP contribution in [0.2, 0.25) is 0 Å². The monoisotopic (exact) mass is 774 g/mol. The Bertz CT molecular complexity index is 2220. The fraction of sp³-hybridized carbons (Fsp3) is 0.125. The van der Waals surface area contributed by atoms with Gasteiger partial charge in [0, 0.05) is 22.7 Å². The predicted molar refractivity (Wildman–Crippen MR) is 233 cm³/mol. The highest BCUT2D eigenvalue weighted by Gasteiger charge is 2.14. The molecule has 0 aromatic heterocycles. The molecule has 0 spiro atoms. The second kappa shape index (κ2) is 18.9. The first-order valence-corrected chi connectivity index (χ1v) is 18.7. The zero-order valence-corrected chi connectivity index (χ0v) is 32.9. The number of methoxy groups -OCH3 is 4. The maximum atomic E-state index is 6.54. The van der Waals surface area contributed by atoms with E-state index in [2.05, 4.69) is 39.5 Å². The topological polar surface area (TPSA) is 104 Å². The Balaban J connectivity index is 1.09. The van der Waals surface area contributed by atoms with Crippen LogP contribution in [-0.2, 0) is 13.2 Å². The maximum Gasteiger partial charge on any atom is 0.145 e. The highest BCUT2D eigenvalue weighted by atomic mass is 16.5. The van der Waals surface area contributed by atoms with Crippen LogP contribution < -0.4 is 49.7 Å². The van der Waals surface area contributed by atoms with Gasteiger partial charge >= 0.3 is 0 Å². The number of hydrogen-bond acceptors (Lipinski definition) is 10. The Morgan fingerprint density at radius 3 is 0.983 bits per heavy atom. The summed E-state index contributed by atoms with van der Waals surface area (Å²) in [5, 5.41) is 14.2. The van der Waals surface area contributed by atoms with Gasteiger partial charge in [-0.05, 0) is 139 Å². The van der Waals surface area contributed by atoms with Crippen LogP contribution >= 0.6 is 0 Å². The molecule has 0 fully saturated rings. The van der Waals surface area contributed by atoms with E-state index in [1.807, 2.05) is 140 Å². The second-order valence-corrected chi connectivity index (χ2v) is 13.2. The van der Waals surface area contributed by atoms with E-state index in [0.29, 0.717) is 24.7 Å². The van der Waals surface area contributed by atoms with E-state index in [1.54, 1.807) is 28.4 Å². The molecule has 0 heterocycles. The summed E-state index contributed by atoms with van der Waals surface area (Å²) in [6, 6.07) is 51.3. The normalized spacial score (nSPS) is 10.6. The molecule has 0 bridgehead atoms. The predicted octanol–water partition coefficient (Wildman–Crippen LogP) is 11.9. The number of nitrogens with one attached hydrogen (secondary N) is 4. The first-order valence-electron chi connectivity index (χ1n) is 18.7. The molecular formula is C48H46N4O6. The van der Waals surface area contributed by atoms with Crippen LogP contribution in [0.15, 0.2) is 158 Å². The summed E-state index contributed by atoms with van der Waals surface area (Å²) >= 11 is 0. The van der Waals surface area contributed by atoms with Gasteiger partial charge in [0.15, 0.2) is 0 Å². The molecule has 0 saturated heterocycles. The quantitative estimate of drug-likeness (QED) is 0.0674. The van der Waals surface area contributed by atoms with Crippen LogP contribution in [0.4, 0.5) is 45.5 Å². The van der Waals surface area contributed by atoms with E-state index in [9.17, 15) is 0 Å². The molecule has 0 amide bonds. The van der Waals surface area contributed by atoms with Gasteiger partial charge in [0.1, 0.15) is 59.1 Å². The average Bonchev–Trinajstić information content (AvgIpc) is 3.27. The summed E-state index contributed by atoms with van der Waals surface area (Å²) in [4.78, 5) is 0. The maximum absolute atomic E-state index is 6.54. The lowest BCUT2D eigenvalue weighted by atomic mass is 10.1. The lowest BCUT2D eigenvalue weighted by molar-refractivity contribution is 0.301. The van der Waals surface area contributed by atoms with Crippen LogP contribution in [0.25, 0.3) is 0 Å². The highest BCUT2D eigenvalue weighted by Crippen LogP contribution is 2.40. The molecular weight excluding hydrogens is 729 g/mol. The van der Waals surface area contributed by atoms with Crippen molar-refractivity contribution in [2.45, 2.75) is 13.2 Å². The molecule has 7 aromatic carbocycles. The molecule has 0 aliphatic heterocycles. The fourth-order valence-electron chi connectivity index (χ4n) is 6.20. The molecule has 7 aromatic rings. The van der Waals surface area contributed by atoms with Gasteiger partial charge in [0.25, 0.3) is 0 Å². The van der Waals surface area contributed by atoms with E-state index in [0.717, 1.165) is 79.6 Å². The summed E-state index contributed by atoms with van der Waals surface area (Å²) in [5.41, 5.74) is 8.88. The smallest absolute Gasteiger partial charge is 0.145 e. The molecule has 58 heavy (non-hydrogen) atoms. The van der Waals surface area contributed by atoms with Crippen LogP contribution in [0.5, 0.6) is 34.5 Å². The summed E-state index contributed by atoms with van der Waals surface area (Å²) in [7, 11) is 6.62. The Labute approximate surface area is 339 Å². The van der Waals surface area contributed by atoms with Crippen molar-refractivity contribution in [1.82, 2.24) is 0 Å². The lowest BCUT2D eigenvalue weighted by Crippen LogP contribution is -2.04. The van der Waals surface area contributed by atoms with Crippen LogP contribution in [0.3, 0.4) is 0 Å². The summed E-state index contributed by atoms with van der Waals surface area (Å²) < 4.78 is 34.5. The van der Waals surface area contributed by atoms with Gasteiger partial charge in [0.05, 0.1) is 39.8 Å². The van der Waals surface area contributed by atoms with E-state index < -0.39 is 0 Å². The Morgan fingerprint density at radius 2 is 0.655 bits per heavy atom. The Kier molecular flexibility index (Phi) is 12.7. The third kappa shape index (κ3) is 10.0. The number of rotatable bonds is 18. The fourth-order valence-corrected chi connectivity index (χ4v) is 6.20. The second-order valence-electron chi connectivity index (χ2n) is 13.2. The van der Waals surface area contributed by atoms with Gasteiger partial charge in [-0.3, -0.25) is 0 Å². The number of anilines is 8. The average molecular weight is 775 g/mol. The van der Waals surface area contributed by atoms with E-state index >= 15 is 0 Å². The van der Waals surface area contributed by atoms with Gasteiger partial charge in [-0.15, -0.1) is 0 Å². The van der Waals surface area contributed by atoms with Crippen LogP contribution in [-0.4, -0.2) is 28.4 Å². The molecule has 10 heteroatoms. The number of ether oxygens (including phenoxy) is 6. The van der Waals surface area contributed by atoms with Gasteiger partial charge in [-0.1, -0.05) is 30.3 Å². The largest absolute Gasteiger partial charge is 0.497 e. The van der Waals surface area contributed by atoms with E-state index in [1.165, 1.54) is 0 Å². The third-order valence-corrected chi connectivity index (χ3v) is 9.29.